The summed E-state index contributed by atoms with van der Waals surface area (Å²) in [6.07, 6.45) is 13.3. The van der Waals surface area contributed by atoms with E-state index in [2.05, 4.69) is 67.2 Å². The van der Waals surface area contributed by atoms with Crippen molar-refractivity contribution in [1.82, 2.24) is 4.90 Å². The Morgan fingerprint density at radius 2 is 0.975 bits per heavy atom. The summed E-state index contributed by atoms with van der Waals surface area (Å²) in [4.78, 5) is 36.6. The third-order valence-corrected chi connectivity index (χ3v) is 45.7. The molecular weight excluding hydrogens is 1200 g/mol. The molecule has 1 heterocycles. The smallest absolute Gasteiger partial charge is 0.302 e. The maximum Gasteiger partial charge on any atom is 0.302 e. The molecule has 0 radical (unpaired) electrons. The standard InChI is InChI=1S/C23H51NO7SSi4.C21H47NO4Si4.C4H8O3S.C4H8O2/c1-8-33(29)21-36(22-34(30)9-2,31-35(5,6)7)20-14-12-16-23(25)15-11-10-13-17-24(3,4)18-19-32(26,27)28;1-8-27(24)19-30(20-28(25)9-2,26-29(5,6)7)18-14-12-16-21(23)15-11-10-13-17-22(3)4;5-8(6)4-2-1-3-7-8;1-3-6-4(2)5/h8-22H2,1-7H3;8-20H2,1-7H3;1-4H2;3H2,1-2H3. The fourth-order valence-corrected chi connectivity index (χ4v) is 49.1. The molecule has 0 N–H and O–H groups in total. The van der Waals surface area contributed by atoms with Crippen LogP contribution in [0.3, 0.4) is 0 Å². The number of Topliss-reactive ketones (excluding diaryl/α,β-unsaturated/α-hetero) is 2. The summed E-state index contributed by atoms with van der Waals surface area (Å²) in [6.45, 7) is 27.0. The minimum absolute atomic E-state index is 0.201. The number of quaternary nitrogens is 1. The van der Waals surface area contributed by atoms with Crippen molar-refractivity contribution in [2.24, 2.45) is 0 Å². The van der Waals surface area contributed by atoms with Gasteiger partial charge in [0.15, 0.2) is 33.3 Å². The highest BCUT2D eigenvalue weighted by atomic mass is 32.2. The lowest BCUT2D eigenvalue weighted by molar-refractivity contribution is -0.888. The SMILES string of the molecule is CCOC(C)=O.CC[Si](=O)C[Si](CCCCC(=O)CCCCCN(C)C)(C[Si](=O)CC)O[Si](C)(C)C.CC[Si](=O)C[Si](CCCCC(=O)CCCCC[N+](C)(C)CCS(=O)(=O)[O-])(C[Si](=O)CC)O[Si](C)(C)C.O=S1(=O)CCCCO1. The van der Waals surface area contributed by atoms with E-state index in [9.17, 15) is 53.6 Å². The van der Waals surface area contributed by atoms with Crippen LogP contribution in [0.5, 0.6) is 0 Å². The van der Waals surface area contributed by atoms with Crippen molar-refractivity contribution in [2.75, 3.05) is 72.5 Å². The Kier molecular flexibility index (Phi) is 46.8. The zero-order valence-electron chi connectivity index (χ0n) is 53.1. The molecule has 0 saturated carbocycles. The van der Waals surface area contributed by atoms with Gasteiger partial charge in [0, 0.05) is 55.3 Å². The van der Waals surface area contributed by atoms with Gasteiger partial charge in [0.25, 0.3) is 44.9 Å². The molecule has 0 aromatic rings. The number of carbonyl (C=O) groups is 3. The molecule has 0 atom stereocenters. The Hall–Kier alpha value is -0.595. The van der Waals surface area contributed by atoms with Gasteiger partial charge in [-0.3, -0.25) is 18.6 Å². The van der Waals surface area contributed by atoms with Crippen molar-refractivity contribution in [3.8, 4) is 0 Å². The van der Waals surface area contributed by atoms with Crippen LogP contribution in [0.1, 0.15) is 144 Å². The summed E-state index contributed by atoms with van der Waals surface area (Å²) < 4.78 is 126. The third kappa shape index (κ3) is 52.9. The topological polar surface area (TPSA) is 251 Å². The molecule has 80 heavy (non-hydrogen) atoms. The molecule has 1 aliphatic heterocycles. The van der Waals surface area contributed by atoms with Gasteiger partial charge in [-0.15, -0.1) is 0 Å². The van der Waals surface area contributed by atoms with Gasteiger partial charge in [-0.25, -0.2) is 8.42 Å². The van der Waals surface area contributed by atoms with Crippen molar-refractivity contribution in [3.63, 3.8) is 0 Å². The number of nitrogens with zero attached hydrogens (tertiary/aromatic N) is 2. The van der Waals surface area contributed by atoms with Crippen LogP contribution in [0.15, 0.2) is 0 Å². The Morgan fingerprint density at radius 3 is 1.24 bits per heavy atom. The lowest BCUT2D eigenvalue weighted by atomic mass is 10.1. The van der Waals surface area contributed by atoms with E-state index in [1.54, 1.807) is 6.92 Å². The number of hydrogen-bond acceptors (Lipinski definition) is 17. The fraction of sp³-hybridized carbons (Fsp3) is 0.942. The second-order valence-electron chi connectivity index (χ2n) is 24.3. The van der Waals surface area contributed by atoms with E-state index in [1.165, 1.54) is 6.92 Å². The van der Waals surface area contributed by atoms with Crippen LogP contribution >= 0.6 is 0 Å². The second-order valence-corrected chi connectivity index (χ2v) is 56.2. The number of rotatable bonds is 42. The zero-order valence-corrected chi connectivity index (χ0v) is 62.7. The molecule has 1 saturated heterocycles. The Labute approximate surface area is 497 Å². The molecule has 0 aromatic heterocycles. The maximum absolute atomic E-state index is 12.6. The summed E-state index contributed by atoms with van der Waals surface area (Å²) in [7, 11) is -14.5. The van der Waals surface area contributed by atoms with Gasteiger partial charge in [0.05, 0.1) is 51.9 Å². The molecule has 18 nitrogen and oxygen atoms in total. The Bertz CT molecular complexity index is 1990. The third-order valence-electron chi connectivity index (χ3n) is 13.0. The van der Waals surface area contributed by atoms with E-state index in [-0.39, 0.29) is 23.3 Å². The van der Waals surface area contributed by atoms with Crippen molar-refractivity contribution in [1.29, 1.82) is 0 Å². The predicted octanol–water partition coefficient (Wildman–Crippen LogP) is 11.0. The van der Waals surface area contributed by atoms with Crippen LogP contribution in [-0.2, 0) is 69.6 Å². The molecule has 1 fully saturated rings. The molecule has 0 aromatic carbocycles. The molecule has 0 bridgehead atoms. The highest BCUT2D eigenvalue weighted by Gasteiger charge is 2.43. The van der Waals surface area contributed by atoms with Crippen LogP contribution in [0.25, 0.3) is 0 Å². The highest BCUT2D eigenvalue weighted by Crippen LogP contribution is 2.32. The summed E-state index contributed by atoms with van der Waals surface area (Å²) in [5, 5.41) is 0. The van der Waals surface area contributed by atoms with E-state index < -0.39 is 88.2 Å². The molecular formula is C52H114N2O16S2Si8. The summed E-state index contributed by atoms with van der Waals surface area (Å²) in [5.41, 5.74) is 2.60. The van der Waals surface area contributed by atoms with Crippen molar-refractivity contribution in [2.45, 2.75) is 242 Å². The van der Waals surface area contributed by atoms with Gasteiger partial charge < -0.3 is 44.8 Å². The summed E-state index contributed by atoms with van der Waals surface area (Å²) >= 11 is 0. The summed E-state index contributed by atoms with van der Waals surface area (Å²) in [6, 6.07) is 4.47. The van der Waals surface area contributed by atoms with Crippen molar-refractivity contribution in [3.05, 3.63) is 0 Å². The largest absolute Gasteiger partial charge is 0.748 e. The van der Waals surface area contributed by atoms with Crippen LogP contribution in [0.2, 0.25) is 98.2 Å². The first-order chi connectivity index (χ1) is 36.8. The predicted molar refractivity (Wildman–Crippen MR) is 338 cm³/mol. The van der Waals surface area contributed by atoms with Gasteiger partial charge >= 0.3 is 5.97 Å². The zero-order chi connectivity index (χ0) is 62.3. The number of unbranched alkanes of at least 4 members (excludes halogenated alkanes) is 6. The average Bonchev–Trinajstić information content (AvgIpc) is 3.32. The van der Waals surface area contributed by atoms with Gasteiger partial charge in [-0.05, 0) is 161 Å². The highest BCUT2D eigenvalue weighted by molar-refractivity contribution is 7.86. The monoisotopic (exact) mass is 1310 g/mol. The first-order valence-corrected chi connectivity index (χ1v) is 52.1. The Morgan fingerprint density at radius 1 is 0.600 bits per heavy atom. The second kappa shape index (κ2) is 44.8. The first-order valence-electron chi connectivity index (χ1n) is 29.7. The number of hydrogen-bond donors (Lipinski definition) is 0. The van der Waals surface area contributed by atoms with Crippen LogP contribution in [0, 0.1) is 0 Å². The molecule has 28 heteroatoms. The van der Waals surface area contributed by atoms with Crippen LogP contribution < -0.4 is 0 Å². The lowest BCUT2D eigenvalue weighted by Gasteiger charge is -2.37. The van der Waals surface area contributed by atoms with Crippen LogP contribution in [-0.4, -0.2) is 189 Å². The van der Waals surface area contributed by atoms with Gasteiger partial charge in [0.1, 0.15) is 21.7 Å². The van der Waals surface area contributed by atoms with E-state index in [0.717, 1.165) is 102 Å². The van der Waals surface area contributed by atoms with E-state index in [1.807, 2.05) is 41.8 Å². The Balaban J connectivity index is -0.00000120. The van der Waals surface area contributed by atoms with Gasteiger partial charge in [-0.1, -0.05) is 47.0 Å². The minimum atomic E-state index is -4.19. The summed E-state index contributed by atoms with van der Waals surface area (Å²) in [5.74, 6) is 0.257. The number of ketones is 2. The van der Waals surface area contributed by atoms with E-state index in [4.69, 9.17) is 8.23 Å². The average molecular weight is 1310 g/mol. The van der Waals surface area contributed by atoms with Crippen molar-refractivity contribution < 1.29 is 75.3 Å². The van der Waals surface area contributed by atoms with Crippen LogP contribution in [0.4, 0.5) is 0 Å². The van der Waals surface area contributed by atoms with Crippen molar-refractivity contribution >= 4 is 106 Å². The molecule has 0 unspecified atom stereocenters. The molecule has 1 aliphatic rings. The lowest BCUT2D eigenvalue weighted by Crippen LogP contribution is -2.50. The number of ether oxygens (including phenoxy) is 1. The van der Waals surface area contributed by atoms with E-state index >= 15 is 0 Å². The number of esters is 1. The normalized spacial score (nSPS) is 13.9. The quantitative estimate of drug-likeness (QED) is 0.0138. The molecule has 1 rings (SSSR count). The number of carbonyl (C=O) groups excluding carboxylic acids is 3. The molecule has 472 valence electrons. The van der Waals surface area contributed by atoms with Gasteiger partial charge in [-0.2, -0.15) is 8.42 Å². The van der Waals surface area contributed by atoms with E-state index in [0.29, 0.717) is 103 Å². The van der Waals surface area contributed by atoms with Gasteiger partial charge in [0.2, 0.25) is 0 Å². The maximum atomic E-state index is 12.6. The molecule has 0 spiro atoms. The fourth-order valence-electron chi connectivity index (χ4n) is 9.02. The molecule has 0 amide bonds. The molecule has 0 aliphatic carbocycles. The first kappa shape index (κ1) is 83.6. The minimum Gasteiger partial charge on any atom is -0.748 e.